The smallest absolute Gasteiger partial charge is 0.444 e. The molecule has 63 heavy (non-hydrogen) atoms. The molecule has 0 aromatic heterocycles. The molecule has 0 spiro atoms. The third kappa shape index (κ3) is 30.0. The van der Waals surface area contributed by atoms with Gasteiger partial charge in [0.1, 0.15) is 16.8 Å². The van der Waals surface area contributed by atoms with Gasteiger partial charge in [-0.15, -0.1) is 23.2 Å². The van der Waals surface area contributed by atoms with Gasteiger partial charge in [0.15, 0.2) is 0 Å². The molecule has 0 atom stereocenters. The van der Waals surface area contributed by atoms with Gasteiger partial charge in [0, 0.05) is 108 Å². The summed E-state index contributed by atoms with van der Waals surface area (Å²) in [4.78, 5) is 40.5. The molecule has 1 amide bonds. The van der Waals surface area contributed by atoms with Crippen molar-refractivity contribution in [2.24, 2.45) is 0 Å². The lowest BCUT2D eigenvalue weighted by atomic mass is 10.2. The first kappa shape index (κ1) is 58.0. The van der Waals surface area contributed by atoms with Crippen LogP contribution in [0.3, 0.4) is 0 Å². The maximum Gasteiger partial charge on any atom is 0.519 e. The summed E-state index contributed by atoms with van der Waals surface area (Å²) >= 11 is 20.8. The number of amides is 1. The van der Waals surface area contributed by atoms with Crippen LogP contribution in [0.2, 0.25) is 0 Å². The highest BCUT2D eigenvalue weighted by Crippen LogP contribution is 2.21. The van der Waals surface area contributed by atoms with Crippen LogP contribution in [0, 0.1) is 0 Å². The fourth-order valence-electron chi connectivity index (χ4n) is 5.03. The lowest BCUT2D eigenvalue weighted by molar-refractivity contribution is -0.0294. The highest BCUT2D eigenvalue weighted by Gasteiger charge is 2.26. The van der Waals surface area contributed by atoms with E-state index in [1.807, 2.05) is 57.2 Å². The van der Waals surface area contributed by atoms with Crippen molar-refractivity contribution in [3.63, 3.8) is 0 Å². The largest absolute Gasteiger partial charge is 0.519 e. The molecular weight excluding hydrogens is 1050 g/mol. The third-order valence-electron chi connectivity index (χ3n) is 7.79. The first-order chi connectivity index (χ1) is 29.4. The van der Waals surface area contributed by atoms with Crippen LogP contribution in [0.1, 0.15) is 62.3 Å². The van der Waals surface area contributed by atoms with Gasteiger partial charge in [-0.2, -0.15) is 0 Å². The Kier molecular flexibility index (Phi) is 27.9. The van der Waals surface area contributed by atoms with E-state index in [1.54, 1.807) is 46.4 Å². The van der Waals surface area contributed by atoms with Gasteiger partial charge in [-0.1, -0.05) is 47.8 Å². The lowest BCUT2D eigenvalue weighted by Crippen LogP contribution is -2.50. The molecular formula is C45H67Br3Cl2N6O7. The average molecular weight is 1110 g/mol. The normalized spacial score (nSPS) is 13.8. The highest BCUT2D eigenvalue weighted by molar-refractivity contribution is 9.11. The van der Waals surface area contributed by atoms with E-state index in [2.05, 4.69) is 109 Å². The first-order valence-corrected chi connectivity index (χ1v) is 24.0. The molecule has 5 rings (SSSR count). The highest BCUT2D eigenvalue weighted by atomic mass is 79.9. The molecule has 0 aliphatic carbocycles. The van der Waals surface area contributed by atoms with Crippen LogP contribution in [-0.2, 0) is 18.9 Å². The third-order valence-corrected chi connectivity index (χ3v) is 9.75. The van der Waals surface area contributed by atoms with Crippen LogP contribution in [0.25, 0.3) is 0 Å². The van der Waals surface area contributed by atoms with Gasteiger partial charge in [-0.25, -0.2) is 14.4 Å². The number of halogens is 5. The summed E-state index contributed by atoms with van der Waals surface area (Å²) < 4.78 is 22.5. The molecule has 13 nitrogen and oxygen atoms in total. The molecule has 0 bridgehead atoms. The van der Waals surface area contributed by atoms with Gasteiger partial charge in [-0.05, 0) is 135 Å². The lowest BCUT2D eigenvalue weighted by Gasteiger charge is -2.36. The van der Waals surface area contributed by atoms with E-state index in [0.717, 1.165) is 71.5 Å². The second kappa shape index (κ2) is 30.3. The van der Waals surface area contributed by atoms with Crippen molar-refractivity contribution < 1.29 is 33.3 Å². The summed E-state index contributed by atoms with van der Waals surface area (Å²) in [6.07, 6.45) is -2.33. The number of nitrogen functional groups attached to an aromatic ring is 1. The summed E-state index contributed by atoms with van der Waals surface area (Å²) in [6.45, 7) is 24.9. The molecule has 0 radical (unpaired) electrons. The molecule has 0 saturated carbocycles. The number of benzene rings is 3. The molecule has 2 heterocycles. The van der Waals surface area contributed by atoms with E-state index in [9.17, 15) is 14.4 Å². The van der Waals surface area contributed by atoms with E-state index in [4.69, 9.17) is 43.1 Å². The van der Waals surface area contributed by atoms with E-state index in [1.165, 1.54) is 11.4 Å². The summed E-state index contributed by atoms with van der Waals surface area (Å²) in [5.41, 5.74) is 6.90. The maximum atomic E-state index is 12.0. The number of nitrogens with zero attached hydrogens (tertiary/aromatic N) is 3. The summed E-state index contributed by atoms with van der Waals surface area (Å²) in [7, 11) is 0. The number of alkyl halides is 2. The quantitative estimate of drug-likeness (QED) is 0.0539. The zero-order valence-electron chi connectivity index (χ0n) is 38.1. The van der Waals surface area contributed by atoms with Gasteiger partial charge in [0.05, 0.1) is 0 Å². The van der Waals surface area contributed by atoms with E-state index >= 15 is 0 Å². The number of hydrogen-bond acceptors (Lipinski definition) is 12. The van der Waals surface area contributed by atoms with Crippen LogP contribution in [0.4, 0.5) is 31.4 Å². The Morgan fingerprint density at radius 2 is 0.937 bits per heavy atom. The second-order valence-corrected chi connectivity index (χ2v) is 20.4. The Morgan fingerprint density at radius 3 is 1.27 bits per heavy atom. The topological polar surface area (TPSA) is 148 Å². The predicted octanol–water partition coefficient (Wildman–Crippen LogP) is 11.3. The van der Waals surface area contributed by atoms with E-state index in [-0.39, 0.29) is 6.09 Å². The maximum absolute atomic E-state index is 12.0. The number of rotatable bonds is 6. The number of carbonyl (C=O) groups is 3. The van der Waals surface area contributed by atoms with Crippen molar-refractivity contribution in [2.75, 3.05) is 92.7 Å². The molecule has 2 aliphatic rings. The number of hydrogen-bond donors (Lipinski definition) is 3. The fourth-order valence-corrected chi connectivity index (χ4v) is 6.09. The molecule has 354 valence electrons. The van der Waals surface area contributed by atoms with Crippen molar-refractivity contribution in [3.8, 4) is 0 Å². The summed E-state index contributed by atoms with van der Waals surface area (Å²) in [6, 6.07) is 24.3. The van der Waals surface area contributed by atoms with Crippen LogP contribution >= 0.6 is 71.0 Å². The van der Waals surface area contributed by atoms with Gasteiger partial charge in [-0.3, -0.25) is 0 Å². The van der Waals surface area contributed by atoms with Crippen LogP contribution in [0.5, 0.6) is 0 Å². The average Bonchev–Trinajstić information content (AvgIpc) is 3.19. The van der Waals surface area contributed by atoms with E-state index in [0.29, 0.717) is 24.8 Å². The molecule has 2 fully saturated rings. The molecule has 18 heteroatoms. The minimum Gasteiger partial charge on any atom is -0.444 e. The zero-order valence-corrected chi connectivity index (χ0v) is 44.3. The molecule has 0 unspecified atom stereocenters. The van der Waals surface area contributed by atoms with Crippen LogP contribution in [0.15, 0.2) is 86.2 Å². The van der Waals surface area contributed by atoms with E-state index < -0.39 is 29.1 Å². The van der Waals surface area contributed by atoms with Crippen molar-refractivity contribution in [1.29, 1.82) is 0 Å². The molecule has 3 aromatic carbocycles. The van der Waals surface area contributed by atoms with Crippen molar-refractivity contribution in [1.82, 2.24) is 15.5 Å². The van der Waals surface area contributed by atoms with Gasteiger partial charge in [0.2, 0.25) is 0 Å². The molecule has 3 aromatic rings. The summed E-state index contributed by atoms with van der Waals surface area (Å²) in [5, 5.41) is 6.37. The number of ether oxygens (including phenoxy) is 4. The minimum atomic E-state index is -1.06. The Morgan fingerprint density at radius 1 is 0.587 bits per heavy atom. The Hall–Kier alpha value is -2.99. The van der Waals surface area contributed by atoms with Crippen molar-refractivity contribution >= 4 is 106 Å². The molecule has 4 N–H and O–H groups in total. The van der Waals surface area contributed by atoms with Crippen molar-refractivity contribution in [3.05, 3.63) is 86.2 Å². The van der Waals surface area contributed by atoms with Crippen molar-refractivity contribution in [2.45, 2.75) is 79.1 Å². The zero-order chi connectivity index (χ0) is 47.6. The number of piperazine rings is 2. The van der Waals surface area contributed by atoms with Gasteiger partial charge in [0.25, 0.3) is 0 Å². The van der Waals surface area contributed by atoms with Gasteiger partial charge >= 0.3 is 18.4 Å². The SMILES string of the molecule is Brc1ccc(N2CCNCC2)cc1.CC(C)(C)OC(=O)N1CCN(c2ccc(Br)cc2)CC1.CC(C)(C)OC(=O)OC(=O)OC(C)(C)C.ClCCNCCCl.Nc1ccc(Br)cc1. The Bertz CT molecular complexity index is 1680. The molecule has 2 saturated heterocycles. The fraction of sp³-hybridized carbons (Fsp3) is 0.533. The molecule has 2 aliphatic heterocycles. The first-order valence-electron chi connectivity index (χ1n) is 20.6. The number of nitrogens with one attached hydrogen (secondary N) is 2. The standard InChI is InChI=1S/C15H21BrN2O2.C10H13BrN2.C10H18O5.C6H6BrN.C4H9Cl2N/c1-15(2,3)20-14(19)18-10-8-17(9-11-18)13-6-4-12(16)5-7-13;11-9-1-3-10(4-2-9)13-7-5-12-6-8-13;1-9(2,3)14-7(11)13-8(12)15-10(4,5)6;7-5-1-3-6(8)4-2-5;5-1-3-7-4-2-6/h4-7H,8-11H2,1-3H3;1-4,12H,5-8H2;1-6H3;1-4H,8H2;7H,1-4H2. The number of nitrogens with two attached hydrogens (primary N) is 1. The monoisotopic (exact) mass is 1110 g/mol. The van der Waals surface area contributed by atoms with Gasteiger partial charge < -0.3 is 50.0 Å². The van der Waals surface area contributed by atoms with Crippen LogP contribution in [-0.4, -0.2) is 117 Å². The predicted molar refractivity (Wildman–Crippen MR) is 270 cm³/mol. The minimum absolute atomic E-state index is 0.215. The summed E-state index contributed by atoms with van der Waals surface area (Å²) in [5.74, 6) is 1.33. The van der Waals surface area contributed by atoms with Crippen LogP contribution < -0.4 is 26.2 Å². The number of carbonyl (C=O) groups excluding carboxylic acids is 3. The Labute approximate surface area is 410 Å². The Balaban J connectivity index is 0.000000413. The second-order valence-electron chi connectivity index (χ2n) is 16.9. The number of anilines is 3.